The van der Waals surface area contributed by atoms with E-state index in [9.17, 15) is 0 Å². The SMILES string of the molecule is CN=C(NCC1CN(CC(C)C)CCO1)N1CCCC1. The number of morpholine rings is 1. The molecule has 2 rings (SSSR count). The van der Waals surface area contributed by atoms with Crippen LogP contribution in [0, 0.1) is 5.92 Å². The van der Waals surface area contributed by atoms with Crippen LogP contribution in [0.3, 0.4) is 0 Å². The molecule has 1 unspecified atom stereocenters. The average molecular weight is 282 g/mol. The Kier molecular flexibility index (Phi) is 6.10. The summed E-state index contributed by atoms with van der Waals surface area (Å²) in [6, 6.07) is 0. The fourth-order valence-electron chi connectivity index (χ4n) is 3.05. The highest BCUT2D eigenvalue weighted by Crippen LogP contribution is 2.09. The van der Waals surface area contributed by atoms with Crippen LogP contribution in [0.2, 0.25) is 0 Å². The van der Waals surface area contributed by atoms with Gasteiger partial charge >= 0.3 is 0 Å². The number of hydrogen-bond acceptors (Lipinski definition) is 3. The molecule has 0 radical (unpaired) electrons. The van der Waals surface area contributed by atoms with E-state index in [-0.39, 0.29) is 6.10 Å². The second kappa shape index (κ2) is 7.84. The molecule has 0 aromatic heterocycles. The summed E-state index contributed by atoms with van der Waals surface area (Å²) in [5.41, 5.74) is 0. The average Bonchev–Trinajstić information content (AvgIpc) is 2.93. The van der Waals surface area contributed by atoms with Gasteiger partial charge in [-0.25, -0.2) is 0 Å². The highest BCUT2D eigenvalue weighted by Gasteiger charge is 2.22. The van der Waals surface area contributed by atoms with Crippen LogP contribution in [0.15, 0.2) is 4.99 Å². The minimum atomic E-state index is 0.279. The Balaban J connectivity index is 1.74. The number of aliphatic imine (C=N–C) groups is 1. The molecule has 2 saturated heterocycles. The molecule has 0 saturated carbocycles. The fourth-order valence-corrected chi connectivity index (χ4v) is 3.05. The lowest BCUT2D eigenvalue weighted by molar-refractivity contribution is -0.0286. The van der Waals surface area contributed by atoms with Crippen molar-refractivity contribution in [3.8, 4) is 0 Å². The number of likely N-dealkylation sites (tertiary alicyclic amines) is 1. The summed E-state index contributed by atoms with van der Waals surface area (Å²) in [4.78, 5) is 9.24. The Morgan fingerprint density at radius 2 is 2.05 bits per heavy atom. The Labute approximate surface area is 123 Å². The first-order chi connectivity index (χ1) is 9.69. The summed E-state index contributed by atoms with van der Waals surface area (Å²) in [5.74, 6) is 1.76. The third-order valence-electron chi connectivity index (χ3n) is 3.95. The topological polar surface area (TPSA) is 40.1 Å². The molecule has 0 aliphatic carbocycles. The van der Waals surface area contributed by atoms with E-state index in [2.05, 4.69) is 34.0 Å². The Morgan fingerprint density at radius 3 is 2.70 bits per heavy atom. The van der Waals surface area contributed by atoms with Gasteiger partial charge in [-0.1, -0.05) is 13.8 Å². The van der Waals surface area contributed by atoms with Crippen molar-refractivity contribution in [3.63, 3.8) is 0 Å². The number of nitrogens with zero attached hydrogens (tertiary/aromatic N) is 3. The monoisotopic (exact) mass is 282 g/mol. The summed E-state index contributed by atoms with van der Waals surface area (Å²) in [7, 11) is 1.87. The number of hydrogen-bond donors (Lipinski definition) is 1. The highest BCUT2D eigenvalue weighted by molar-refractivity contribution is 5.80. The molecule has 0 aromatic rings. The van der Waals surface area contributed by atoms with Gasteiger partial charge in [-0.05, 0) is 18.8 Å². The summed E-state index contributed by atoms with van der Waals surface area (Å²) >= 11 is 0. The van der Waals surface area contributed by atoms with Crippen molar-refractivity contribution in [1.82, 2.24) is 15.1 Å². The smallest absolute Gasteiger partial charge is 0.193 e. The van der Waals surface area contributed by atoms with Crippen LogP contribution in [0.1, 0.15) is 26.7 Å². The van der Waals surface area contributed by atoms with Crippen molar-refractivity contribution < 1.29 is 4.74 Å². The van der Waals surface area contributed by atoms with Crippen LogP contribution in [-0.4, -0.2) is 74.8 Å². The first kappa shape index (κ1) is 15.6. The van der Waals surface area contributed by atoms with E-state index in [1.165, 1.54) is 19.4 Å². The van der Waals surface area contributed by atoms with Crippen LogP contribution in [0.25, 0.3) is 0 Å². The molecule has 116 valence electrons. The summed E-state index contributed by atoms with van der Waals surface area (Å²) in [6.45, 7) is 11.8. The second-order valence-electron chi connectivity index (χ2n) is 6.27. The van der Waals surface area contributed by atoms with Crippen molar-refractivity contribution in [3.05, 3.63) is 0 Å². The van der Waals surface area contributed by atoms with E-state index in [1.54, 1.807) is 0 Å². The zero-order valence-electron chi connectivity index (χ0n) is 13.3. The number of rotatable bonds is 4. The molecule has 2 fully saturated rings. The molecule has 2 heterocycles. The van der Waals surface area contributed by atoms with Gasteiger partial charge in [0.15, 0.2) is 5.96 Å². The number of guanidine groups is 1. The lowest BCUT2D eigenvalue weighted by Gasteiger charge is -2.34. The van der Waals surface area contributed by atoms with Gasteiger partial charge in [0.25, 0.3) is 0 Å². The molecule has 5 nitrogen and oxygen atoms in total. The lowest BCUT2D eigenvalue weighted by Crippen LogP contribution is -2.50. The molecule has 1 atom stereocenters. The van der Waals surface area contributed by atoms with E-state index in [0.717, 1.165) is 51.2 Å². The van der Waals surface area contributed by atoms with Crippen molar-refractivity contribution >= 4 is 5.96 Å². The largest absolute Gasteiger partial charge is 0.374 e. The first-order valence-electron chi connectivity index (χ1n) is 7.98. The van der Waals surface area contributed by atoms with Gasteiger partial charge in [0.2, 0.25) is 0 Å². The quantitative estimate of drug-likeness (QED) is 0.617. The zero-order valence-corrected chi connectivity index (χ0v) is 13.3. The van der Waals surface area contributed by atoms with Crippen molar-refractivity contribution in [2.24, 2.45) is 10.9 Å². The van der Waals surface area contributed by atoms with Gasteiger partial charge in [0, 0.05) is 46.3 Å². The third kappa shape index (κ3) is 4.63. The van der Waals surface area contributed by atoms with E-state index < -0.39 is 0 Å². The van der Waals surface area contributed by atoms with Gasteiger partial charge in [-0.15, -0.1) is 0 Å². The maximum Gasteiger partial charge on any atom is 0.193 e. The Morgan fingerprint density at radius 1 is 1.30 bits per heavy atom. The molecule has 0 aromatic carbocycles. The third-order valence-corrected chi connectivity index (χ3v) is 3.95. The molecule has 0 spiro atoms. The fraction of sp³-hybridized carbons (Fsp3) is 0.933. The van der Waals surface area contributed by atoms with Gasteiger partial charge in [-0.3, -0.25) is 9.89 Å². The number of nitrogens with one attached hydrogen (secondary N) is 1. The lowest BCUT2D eigenvalue weighted by atomic mass is 10.2. The maximum atomic E-state index is 5.87. The standard InChI is InChI=1S/C15H30N4O/c1-13(2)11-18-8-9-20-14(12-18)10-17-15(16-3)19-6-4-5-7-19/h13-14H,4-12H2,1-3H3,(H,16,17). The summed E-state index contributed by atoms with van der Waals surface area (Å²) in [5, 5.41) is 3.48. The normalized spacial score (nSPS) is 25.5. The van der Waals surface area contributed by atoms with E-state index in [4.69, 9.17) is 4.74 Å². The van der Waals surface area contributed by atoms with Gasteiger partial charge in [0.05, 0.1) is 12.7 Å². The van der Waals surface area contributed by atoms with Crippen LogP contribution >= 0.6 is 0 Å². The van der Waals surface area contributed by atoms with Crippen LogP contribution in [-0.2, 0) is 4.74 Å². The molecule has 2 aliphatic heterocycles. The molecule has 2 aliphatic rings. The Bertz CT molecular complexity index is 313. The van der Waals surface area contributed by atoms with Gasteiger partial charge in [0.1, 0.15) is 0 Å². The van der Waals surface area contributed by atoms with Crippen molar-refractivity contribution in [2.45, 2.75) is 32.8 Å². The summed E-state index contributed by atoms with van der Waals surface area (Å²) in [6.07, 6.45) is 2.84. The van der Waals surface area contributed by atoms with Crippen molar-refractivity contribution in [1.29, 1.82) is 0 Å². The molecule has 5 heteroatoms. The minimum absolute atomic E-state index is 0.279. The maximum absolute atomic E-state index is 5.87. The van der Waals surface area contributed by atoms with Gasteiger partial charge in [-0.2, -0.15) is 0 Å². The van der Waals surface area contributed by atoms with E-state index in [1.807, 2.05) is 7.05 Å². The van der Waals surface area contributed by atoms with Crippen LogP contribution < -0.4 is 5.32 Å². The molecular weight excluding hydrogens is 252 g/mol. The van der Waals surface area contributed by atoms with E-state index >= 15 is 0 Å². The predicted molar refractivity (Wildman–Crippen MR) is 83.2 cm³/mol. The number of ether oxygens (including phenoxy) is 1. The van der Waals surface area contributed by atoms with Crippen LogP contribution in [0.5, 0.6) is 0 Å². The minimum Gasteiger partial charge on any atom is -0.374 e. The molecular formula is C15H30N4O. The summed E-state index contributed by atoms with van der Waals surface area (Å²) < 4.78 is 5.87. The Hall–Kier alpha value is -0.810. The van der Waals surface area contributed by atoms with Crippen LogP contribution in [0.4, 0.5) is 0 Å². The second-order valence-corrected chi connectivity index (χ2v) is 6.27. The first-order valence-corrected chi connectivity index (χ1v) is 7.98. The highest BCUT2D eigenvalue weighted by atomic mass is 16.5. The molecule has 0 bridgehead atoms. The molecule has 20 heavy (non-hydrogen) atoms. The van der Waals surface area contributed by atoms with E-state index in [0.29, 0.717) is 0 Å². The van der Waals surface area contributed by atoms with Gasteiger partial charge < -0.3 is 15.0 Å². The van der Waals surface area contributed by atoms with Crippen molar-refractivity contribution in [2.75, 3.05) is 52.9 Å². The molecule has 0 amide bonds. The predicted octanol–water partition coefficient (Wildman–Crippen LogP) is 1.01. The zero-order chi connectivity index (χ0) is 14.4. The molecule has 1 N–H and O–H groups in total.